The Bertz CT molecular complexity index is 1010. The molecule has 0 saturated carbocycles. The third-order valence-corrected chi connectivity index (χ3v) is 5.48. The maximum atomic E-state index is 13.3. The van der Waals surface area contributed by atoms with Crippen molar-refractivity contribution >= 4 is 22.8 Å². The van der Waals surface area contributed by atoms with E-state index in [2.05, 4.69) is 22.9 Å². The van der Waals surface area contributed by atoms with Gasteiger partial charge in [0, 0.05) is 44.7 Å². The fourth-order valence-corrected chi connectivity index (χ4v) is 4.07. The molecular formula is C21H21N3O2. The first kappa shape index (κ1) is 16.4. The minimum absolute atomic E-state index is 0.191. The molecule has 0 bridgehead atoms. The van der Waals surface area contributed by atoms with Gasteiger partial charge in [-0.2, -0.15) is 0 Å². The van der Waals surface area contributed by atoms with E-state index in [9.17, 15) is 9.59 Å². The molecule has 1 aliphatic rings. The Labute approximate surface area is 152 Å². The van der Waals surface area contributed by atoms with Crippen molar-refractivity contribution in [2.24, 2.45) is 7.05 Å². The number of carbonyl (C=O) groups excluding carboxylic acids is 2. The van der Waals surface area contributed by atoms with Crippen molar-refractivity contribution in [2.75, 3.05) is 14.1 Å². The number of aryl methyl sites for hydroxylation is 1. The summed E-state index contributed by atoms with van der Waals surface area (Å²) < 4.78 is 2.06. The zero-order valence-corrected chi connectivity index (χ0v) is 15.1. The zero-order chi connectivity index (χ0) is 18.5. The summed E-state index contributed by atoms with van der Waals surface area (Å²) in [7, 11) is 5.26. The second-order valence-corrected chi connectivity index (χ2v) is 6.89. The molecule has 3 aromatic rings. The van der Waals surface area contributed by atoms with Gasteiger partial charge in [-0.1, -0.05) is 48.5 Å². The molecule has 1 unspecified atom stereocenters. The molecule has 1 aromatic heterocycles. The zero-order valence-electron chi connectivity index (χ0n) is 15.1. The van der Waals surface area contributed by atoms with Gasteiger partial charge in [-0.25, -0.2) is 4.79 Å². The number of imide groups is 1. The van der Waals surface area contributed by atoms with Gasteiger partial charge in [0.2, 0.25) is 0 Å². The van der Waals surface area contributed by atoms with Crippen molar-refractivity contribution in [2.45, 2.75) is 12.0 Å². The largest absolute Gasteiger partial charge is 0.350 e. The number of para-hydroxylation sites is 1. The van der Waals surface area contributed by atoms with Gasteiger partial charge in [-0.05, 0) is 17.2 Å². The maximum Gasteiger partial charge on any atom is 0.327 e. The molecular weight excluding hydrogens is 326 g/mol. The van der Waals surface area contributed by atoms with Crippen molar-refractivity contribution in [3.63, 3.8) is 0 Å². The SMILES string of the molecule is CN1C(=O)N(C)C(Cc2cn(C)c3ccccc23)(c2ccccc2)C1=O. The smallest absolute Gasteiger partial charge is 0.327 e. The van der Waals surface area contributed by atoms with Crippen molar-refractivity contribution in [1.29, 1.82) is 0 Å². The van der Waals surface area contributed by atoms with Crippen molar-refractivity contribution in [1.82, 2.24) is 14.4 Å². The number of amides is 3. The Hall–Kier alpha value is -3.08. The normalized spacial score (nSPS) is 20.4. The minimum atomic E-state index is -1.03. The van der Waals surface area contributed by atoms with E-state index in [1.54, 1.807) is 19.0 Å². The van der Waals surface area contributed by atoms with E-state index in [4.69, 9.17) is 0 Å². The maximum absolute atomic E-state index is 13.3. The minimum Gasteiger partial charge on any atom is -0.350 e. The van der Waals surface area contributed by atoms with Crippen LogP contribution in [0.4, 0.5) is 4.79 Å². The number of likely N-dealkylation sites (N-methyl/N-ethyl adjacent to an activating group) is 2. The van der Waals surface area contributed by atoms with Crippen LogP contribution in [0.2, 0.25) is 0 Å². The predicted octanol–water partition coefficient (Wildman–Crippen LogP) is 3.14. The molecule has 0 spiro atoms. The molecule has 1 fully saturated rings. The van der Waals surface area contributed by atoms with Crippen molar-refractivity contribution in [3.05, 3.63) is 71.9 Å². The van der Waals surface area contributed by atoms with Gasteiger partial charge >= 0.3 is 6.03 Å². The molecule has 0 radical (unpaired) electrons. The highest BCUT2D eigenvalue weighted by atomic mass is 16.2. The average molecular weight is 347 g/mol. The van der Waals surface area contributed by atoms with Crippen LogP contribution in [0.5, 0.6) is 0 Å². The van der Waals surface area contributed by atoms with E-state index in [-0.39, 0.29) is 11.9 Å². The highest BCUT2D eigenvalue weighted by Gasteiger charge is 2.55. The van der Waals surface area contributed by atoms with Gasteiger partial charge < -0.3 is 9.47 Å². The first-order valence-electron chi connectivity index (χ1n) is 8.61. The lowest BCUT2D eigenvalue weighted by atomic mass is 9.82. The van der Waals surface area contributed by atoms with Gasteiger partial charge in [0.1, 0.15) is 0 Å². The highest BCUT2D eigenvalue weighted by Crippen LogP contribution is 2.40. The van der Waals surface area contributed by atoms with Crippen molar-refractivity contribution < 1.29 is 9.59 Å². The van der Waals surface area contributed by atoms with Gasteiger partial charge in [-0.3, -0.25) is 9.69 Å². The van der Waals surface area contributed by atoms with Crippen LogP contribution in [-0.2, 0) is 23.8 Å². The second-order valence-electron chi connectivity index (χ2n) is 6.89. The predicted molar refractivity (Wildman–Crippen MR) is 101 cm³/mol. The molecule has 1 saturated heterocycles. The summed E-state index contributed by atoms with van der Waals surface area (Å²) >= 11 is 0. The number of nitrogens with zero attached hydrogens (tertiary/aromatic N) is 3. The number of fused-ring (bicyclic) bond motifs is 1. The van der Waals surface area contributed by atoms with E-state index in [1.807, 2.05) is 49.5 Å². The van der Waals surface area contributed by atoms with Crippen LogP contribution in [0.3, 0.4) is 0 Å². The second kappa shape index (κ2) is 5.73. The highest BCUT2D eigenvalue weighted by molar-refractivity contribution is 6.07. The number of rotatable bonds is 3. The molecule has 1 aliphatic heterocycles. The van der Waals surface area contributed by atoms with Gasteiger partial charge in [0.25, 0.3) is 5.91 Å². The third kappa shape index (κ3) is 2.10. The number of aromatic nitrogens is 1. The number of carbonyl (C=O) groups is 2. The standard InChI is InChI=1S/C21H21N3O2/c1-22-14-15(17-11-7-8-12-18(17)22)13-21(16-9-5-4-6-10-16)19(25)23(2)20(26)24(21)3/h4-12,14H,13H2,1-3H3. The number of hydrogen-bond acceptors (Lipinski definition) is 2. The Morgan fingerprint density at radius 1 is 0.885 bits per heavy atom. The third-order valence-electron chi connectivity index (χ3n) is 5.48. The summed E-state index contributed by atoms with van der Waals surface area (Å²) in [5, 5.41) is 1.11. The molecule has 4 rings (SSSR count). The molecule has 5 heteroatoms. The molecule has 2 heterocycles. The fraction of sp³-hybridized carbons (Fsp3) is 0.238. The molecule has 1 atom stereocenters. The van der Waals surface area contributed by atoms with Crippen LogP contribution < -0.4 is 0 Å². The Kier molecular flexibility index (Phi) is 3.61. The lowest BCUT2D eigenvalue weighted by molar-refractivity contribution is -0.132. The van der Waals surface area contributed by atoms with Crippen LogP contribution in [0.25, 0.3) is 10.9 Å². The number of benzene rings is 2. The van der Waals surface area contributed by atoms with Crippen LogP contribution in [-0.4, -0.2) is 40.4 Å². The Morgan fingerprint density at radius 2 is 1.54 bits per heavy atom. The van der Waals surface area contributed by atoms with E-state index < -0.39 is 5.54 Å². The summed E-state index contributed by atoms with van der Waals surface area (Å²) in [6, 6.07) is 17.4. The quantitative estimate of drug-likeness (QED) is 0.683. The lowest BCUT2D eigenvalue weighted by Crippen LogP contribution is -2.46. The Balaban J connectivity index is 1.93. The Morgan fingerprint density at radius 3 is 2.19 bits per heavy atom. The summed E-state index contributed by atoms with van der Waals surface area (Å²) in [6.07, 6.45) is 2.49. The van der Waals surface area contributed by atoms with Gasteiger partial charge in [0.05, 0.1) is 0 Å². The molecule has 0 N–H and O–H groups in total. The first-order chi connectivity index (χ1) is 12.5. The molecule has 0 aliphatic carbocycles. The molecule has 5 nitrogen and oxygen atoms in total. The molecule has 2 aromatic carbocycles. The van der Waals surface area contributed by atoms with Crippen LogP contribution in [0.1, 0.15) is 11.1 Å². The van der Waals surface area contributed by atoms with E-state index in [0.29, 0.717) is 6.42 Å². The topological polar surface area (TPSA) is 45.6 Å². The summed E-state index contributed by atoms with van der Waals surface area (Å²) in [6.45, 7) is 0. The van der Waals surface area contributed by atoms with Crippen LogP contribution >= 0.6 is 0 Å². The van der Waals surface area contributed by atoms with Crippen molar-refractivity contribution in [3.8, 4) is 0 Å². The monoisotopic (exact) mass is 347 g/mol. The van der Waals surface area contributed by atoms with Crippen LogP contribution in [0.15, 0.2) is 60.8 Å². The average Bonchev–Trinajstić information content (AvgIpc) is 3.07. The lowest BCUT2D eigenvalue weighted by Gasteiger charge is -2.33. The molecule has 3 amide bonds. The van der Waals surface area contributed by atoms with E-state index >= 15 is 0 Å². The van der Waals surface area contributed by atoms with Gasteiger partial charge in [-0.15, -0.1) is 0 Å². The number of urea groups is 1. The molecule has 26 heavy (non-hydrogen) atoms. The van der Waals surface area contributed by atoms with Crippen LogP contribution in [0, 0.1) is 0 Å². The van der Waals surface area contributed by atoms with E-state index in [1.165, 1.54) is 4.90 Å². The first-order valence-corrected chi connectivity index (χ1v) is 8.61. The van der Waals surface area contributed by atoms with Gasteiger partial charge in [0.15, 0.2) is 5.54 Å². The summed E-state index contributed by atoms with van der Waals surface area (Å²) in [5.74, 6) is -0.191. The molecule has 132 valence electrons. The summed E-state index contributed by atoms with van der Waals surface area (Å²) in [5.41, 5.74) is 1.96. The number of hydrogen-bond donors (Lipinski definition) is 0. The van der Waals surface area contributed by atoms with E-state index in [0.717, 1.165) is 22.0 Å². The fourth-order valence-electron chi connectivity index (χ4n) is 4.07. The summed E-state index contributed by atoms with van der Waals surface area (Å²) in [4.78, 5) is 28.6.